The molecule has 0 aliphatic carbocycles. The number of benzene rings is 2. The van der Waals surface area contributed by atoms with Crippen molar-refractivity contribution in [2.45, 2.75) is 18.7 Å². The number of thioether (sulfide) groups is 1. The quantitative estimate of drug-likeness (QED) is 0.564. The molecule has 0 spiro atoms. The Bertz CT molecular complexity index is 751. The molecule has 0 saturated carbocycles. The smallest absolute Gasteiger partial charge is 0.162 e. The van der Waals surface area contributed by atoms with E-state index >= 15 is 0 Å². The molecule has 3 heteroatoms. The Morgan fingerprint density at radius 2 is 1.48 bits per heavy atom. The summed E-state index contributed by atoms with van der Waals surface area (Å²) in [7, 11) is 0. The van der Waals surface area contributed by atoms with E-state index in [0.717, 1.165) is 22.6 Å². The molecule has 0 atom stereocenters. The van der Waals surface area contributed by atoms with Gasteiger partial charge in [0, 0.05) is 21.4 Å². The Hall–Kier alpha value is -2.05. The SMILES string of the molecule is CSc1ccc(C#Cc2ccc3c(c2)OCC(C)(C)CO3)cc1. The Balaban J connectivity index is 1.80. The molecule has 0 bridgehead atoms. The molecule has 23 heavy (non-hydrogen) atoms. The van der Waals surface area contributed by atoms with E-state index in [9.17, 15) is 0 Å². The summed E-state index contributed by atoms with van der Waals surface area (Å²) in [6.45, 7) is 5.58. The lowest BCUT2D eigenvalue weighted by Crippen LogP contribution is -2.26. The van der Waals surface area contributed by atoms with Gasteiger partial charge in [0.2, 0.25) is 0 Å². The van der Waals surface area contributed by atoms with E-state index in [-0.39, 0.29) is 5.41 Å². The highest BCUT2D eigenvalue weighted by Gasteiger charge is 2.25. The minimum atomic E-state index is 0.0178. The summed E-state index contributed by atoms with van der Waals surface area (Å²) in [6.07, 6.45) is 2.07. The van der Waals surface area contributed by atoms with Crippen molar-refractivity contribution < 1.29 is 9.47 Å². The van der Waals surface area contributed by atoms with Crippen LogP contribution in [0.5, 0.6) is 11.5 Å². The average Bonchev–Trinajstić information content (AvgIpc) is 2.72. The van der Waals surface area contributed by atoms with E-state index in [4.69, 9.17) is 9.47 Å². The summed E-state index contributed by atoms with van der Waals surface area (Å²) in [4.78, 5) is 1.24. The lowest BCUT2D eigenvalue weighted by atomic mass is 9.97. The minimum Gasteiger partial charge on any atom is -0.489 e. The largest absolute Gasteiger partial charge is 0.489 e. The van der Waals surface area contributed by atoms with Crippen molar-refractivity contribution in [2.24, 2.45) is 5.41 Å². The maximum Gasteiger partial charge on any atom is 0.162 e. The van der Waals surface area contributed by atoms with E-state index in [0.29, 0.717) is 13.2 Å². The summed E-state index contributed by atoms with van der Waals surface area (Å²) >= 11 is 1.73. The van der Waals surface area contributed by atoms with Crippen LogP contribution in [0.15, 0.2) is 47.4 Å². The molecule has 0 saturated heterocycles. The Morgan fingerprint density at radius 3 is 2.17 bits per heavy atom. The first kappa shape index (κ1) is 15.8. The van der Waals surface area contributed by atoms with Crippen molar-refractivity contribution in [3.8, 4) is 23.3 Å². The molecule has 1 aliphatic rings. The van der Waals surface area contributed by atoms with Gasteiger partial charge in [-0.05, 0) is 48.7 Å². The zero-order valence-corrected chi connectivity index (χ0v) is 14.5. The molecular formula is C20H20O2S. The standard InChI is InChI=1S/C20H20O2S/c1-20(2)13-21-18-11-8-16(12-19(18)22-14-20)5-4-15-6-9-17(23-3)10-7-15/h6-12H,13-14H2,1-3H3. The monoisotopic (exact) mass is 324 g/mol. The van der Waals surface area contributed by atoms with E-state index < -0.39 is 0 Å². The number of hydrogen-bond donors (Lipinski definition) is 0. The normalized spacial score (nSPS) is 15.3. The average molecular weight is 324 g/mol. The van der Waals surface area contributed by atoms with Crippen molar-refractivity contribution >= 4 is 11.8 Å². The summed E-state index contributed by atoms with van der Waals surface area (Å²) < 4.78 is 11.7. The van der Waals surface area contributed by atoms with Gasteiger partial charge < -0.3 is 9.47 Å². The highest BCUT2D eigenvalue weighted by atomic mass is 32.2. The molecule has 1 aliphatic heterocycles. The van der Waals surface area contributed by atoms with Crippen LogP contribution in [0.1, 0.15) is 25.0 Å². The Morgan fingerprint density at radius 1 is 0.870 bits per heavy atom. The summed E-state index contributed by atoms with van der Waals surface area (Å²) in [5.74, 6) is 7.97. The molecule has 3 rings (SSSR count). The van der Waals surface area contributed by atoms with Gasteiger partial charge in [0.15, 0.2) is 11.5 Å². The third kappa shape index (κ3) is 4.03. The molecular weight excluding hydrogens is 304 g/mol. The molecule has 1 heterocycles. The maximum atomic E-state index is 5.89. The van der Waals surface area contributed by atoms with Gasteiger partial charge in [-0.1, -0.05) is 25.7 Å². The second kappa shape index (κ2) is 6.60. The van der Waals surface area contributed by atoms with Crippen molar-refractivity contribution in [2.75, 3.05) is 19.5 Å². The fourth-order valence-corrected chi connectivity index (χ4v) is 2.63. The third-order valence-corrected chi connectivity index (χ3v) is 4.37. The number of fused-ring (bicyclic) bond motifs is 1. The van der Waals surface area contributed by atoms with E-state index in [1.165, 1.54) is 4.90 Å². The van der Waals surface area contributed by atoms with Gasteiger partial charge in [-0.3, -0.25) is 0 Å². The van der Waals surface area contributed by atoms with Gasteiger partial charge in [0.1, 0.15) is 0 Å². The molecule has 2 aromatic carbocycles. The first-order valence-corrected chi connectivity index (χ1v) is 8.84. The van der Waals surface area contributed by atoms with Gasteiger partial charge in [0.05, 0.1) is 13.2 Å². The molecule has 2 nitrogen and oxygen atoms in total. The van der Waals surface area contributed by atoms with Gasteiger partial charge in [-0.15, -0.1) is 11.8 Å². The lowest BCUT2D eigenvalue weighted by Gasteiger charge is -2.19. The topological polar surface area (TPSA) is 18.5 Å². The predicted octanol–water partition coefficient (Wildman–Crippen LogP) is 4.61. The zero-order valence-electron chi connectivity index (χ0n) is 13.7. The van der Waals surface area contributed by atoms with Crippen LogP contribution in [0, 0.1) is 17.3 Å². The van der Waals surface area contributed by atoms with Crippen LogP contribution in [0.4, 0.5) is 0 Å². The second-order valence-electron chi connectivity index (χ2n) is 6.38. The van der Waals surface area contributed by atoms with Crippen molar-refractivity contribution in [1.29, 1.82) is 0 Å². The predicted molar refractivity (Wildman–Crippen MR) is 95.4 cm³/mol. The second-order valence-corrected chi connectivity index (χ2v) is 7.26. The Labute approximate surface area is 142 Å². The molecule has 118 valence electrons. The van der Waals surface area contributed by atoms with Crippen molar-refractivity contribution in [3.63, 3.8) is 0 Å². The van der Waals surface area contributed by atoms with E-state index in [1.54, 1.807) is 11.8 Å². The molecule has 0 N–H and O–H groups in total. The van der Waals surface area contributed by atoms with Crippen LogP contribution >= 0.6 is 11.8 Å². The molecule has 0 radical (unpaired) electrons. The molecule has 0 aromatic heterocycles. The van der Waals surface area contributed by atoms with Gasteiger partial charge >= 0.3 is 0 Å². The number of ether oxygens (including phenoxy) is 2. The first-order chi connectivity index (χ1) is 11.1. The molecule has 0 amide bonds. The van der Waals surface area contributed by atoms with Crippen LogP contribution < -0.4 is 9.47 Å². The Kier molecular flexibility index (Phi) is 4.54. The first-order valence-electron chi connectivity index (χ1n) is 7.61. The van der Waals surface area contributed by atoms with Gasteiger partial charge in [-0.2, -0.15) is 0 Å². The summed E-state index contributed by atoms with van der Waals surface area (Å²) in [5, 5.41) is 0. The third-order valence-electron chi connectivity index (χ3n) is 3.62. The van der Waals surface area contributed by atoms with E-state index in [1.807, 2.05) is 30.3 Å². The summed E-state index contributed by atoms with van der Waals surface area (Å²) in [6, 6.07) is 14.1. The molecule has 2 aromatic rings. The molecule has 0 fully saturated rings. The van der Waals surface area contributed by atoms with Gasteiger partial charge in [-0.25, -0.2) is 0 Å². The highest BCUT2D eigenvalue weighted by molar-refractivity contribution is 7.98. The molecule has 0 unspecified atom stereocenters. The van der Waals surface area contributed by atoms with Crippen molar-refractivity contribution in [3.05, 3.63) is 53.6 Å². The van der Waals surface area contributed by atoms with E-state index in [2.05, 4.69) is 44.1 Å². The minimum absolute atomic E-state index is 0.0178. The summed E-state index contributed by atoms with van der Waals surface area (Å²) in [5.41, 5.74) is 1.96. The fraction of sp³-hybridized carbons (Fsp3) is 0.300. The van der Waals surface area contributed by atoms with Crippen LogP contribution in [0.25, 0.3) is 0 Å². The highest BCUT2D eigenvalue weighted by Crippen LogP contribution is 2.34. The van der Waals surface area contributed by atoms with Gasteiger partial charge in [0.25, 0.3) is 0 Å². The number of hydrogen-bond acceptors (Lipinski definition) is 3. The zero-order chi connectivity index (χ0) is 16.3. The van der Waals surface area contributed by atoms with Crippen molar-refractivity contribution in [1.82, 2.24) is 0 Å². The number of rotatable bonds is 1. The van der Waals surface area contributed by atoms with Crippen LogP contribution in [0.2, 0.25) is 0 Å². The lowest BCUT2D eigenvalue weighted by molar-refractivity contribution is 0.140. The fourth-order valence-electron chi connectivity index (χ4n) is 2.22. The van der Waals surface area contributed by atoms with Crippen LogP contribution in [-0.4, -0.2) is 19.5 Å². The van der Waals surface area contributed by atoms with Crippen LogP contribution in [-0.2, 0) is 0 Å². The van der Waals surface area contributed by atoms with Crippen LogP contribution in [0.3, 0.4) is 0 Å². The maximum absolute atomic E-state index is 5.89.